The molecule has 3 aliphatic rings. The molecule has 18 heavy (non-hydrogen) atoms. The van der Waals surface area contributed by atoms with Crippen LogP contribution in [-0.4, -0.2) is 34.0 Å². The molecule has 0 aromatic heterocycles. The first-order valence-electron chi connectivity index (χ1n) is 6.26. The van der Waals surface area contributed by atoms with E-state index in [1.807, 2.05) is 18.2 Å². The van der Waals surface area contributed by atoms with Crippen LogP contribution in [-0.2, 0) is 0 Å². The zero-order valence-electron chi connectivity index (χ0n) is 10.1. The summed E-state index contributed by atoms with van der Waals surface area (Å²) in [6, 6.07) is 7.05. The van der Waals surface area contributed by atoms with Gasteiger partial charge in [0.25, 0.3) is 0 Å². The van der Waals surface area contributed by atoms with Gasteiger partial charge in [0, 0.05) is 19.0 Å². The number of piperidine rings is 3. The van der Waals surface area contributed by atoms with Crippen molar-refractivity contribution in [1.29, 1.82) is 0 Å². The van der Waals surface area contributed by atoms with Crippen LogP contribution < -0.4 is 0 Å². The second kappa shape index (κ2) is 4.37. The molecule has 1 aromatic carbocycles. The Morgan fingerprint density at radius 1 is 1.17 bits per heavy atom. The van der Waals surface area contributed by atoms with Gasteiger partial charge >= 0.3 is 0 Å². The summed E-state index contributed by atoms with van der Waals surface area (Å²) >= 11 is 0. The topological polar surface area (TPSA) is 56.1 Å². The van der Waals surface area contributed by atoms with Gasteiger partial charge in [-0.25, -0.2) is 0 Å². The van der Waals surface area contributed by atoms with Crippen LogP contribution in [0.3, 0.4) is 0 Å². The molecule has 0 unspecified atom stereocenters. The molecule has 0 spiro atoms. The van der Waals surface area contributed by atoms with E-state index in [9.17, 15) is 10.3 Å². The highest BCUT2D eigenvalue weighted by atomic mass is 16.4. The number of hydrogen-bond donors (Lipinski definition) is 2. The van der Waals surface area contributed by atoms with Crippen molar-refractivity contribution in [3.8, 4) is 5.75 Å². The molecule has 2 N–H and O–H groups in total. The minimum Gasteiger partial charge on any atom is -0.508 e. The SMILES string of the molecule is ON=C1C(=Cc2ccc(O)cc2)N2CCC1CC2. The summed E-state index contributed by atoms with van der Waals surface area (Å²) in [6.07, 6.45) is 4.18. The standard InChI is InChI=1S/C14H16N2O2/c17-12-3-1-10(2-4-12)9-13-14(15-18)11-5-7-16(13)8-6-11/h1-4,9,11,17-18H,5-8H2. The fourth-order valence-corrected chi connectivity index (χ4v) is 2.79. The maximum Gasteiger partial charge on any atom is 0.115 e. The summed E-state index contributed by atoms with van der Waals surface area (Å²) in [7, 11) is 0. The average molecular weight is 244 g/mol. The average Bonchev–Trinajstić information content (AvgIpc) is 2.42. The molecule has 0 saturated carbocycles. The summed E-state index contributed by atoms with van der Waals surface area (Å²) < 4.78 is 0. The van der Waals surface area contributed by atoms with Gasteiger partial charge in [-0.1, -0.05) is 17.3 Å². The highest BCUT2D eigenvalue weighted by Crippen LogP contribution is 2.33. The van der Waals surface area contributed by atoms with Crippen LogP contribution in [0.4, 0.5) is 0 Å². The van der Waals surface area contributed by atoms with Gasteiger partial charge in [-0.3, -0.25) is 0 Å². The lowest BCUT2D eigenvalue weighted by atomic mass is 9.83. The van der Waals surface area contributed by atoms with Crippen LogP contribution >= 0.6 is 0 Å². The first kappa shape index (κ1) is 11.1. The quantitative estimate of drug-likeness (QED) is 0.588. The van der Waals surface area contributed by atoms with Gasteiger partial charge in [0.1, 0.15) is 11.5 Å². The Morgan fingerprint density at radius 3 is 2.44 bits per heavy atom. The lowest BCUT2D eigenvalue weighted by Gasteiger charge is -2.42. The second-order valence-electron chi connectivity index (χ2n) is 4.87. The zero-order valence-corrected chi connectivity index (χ0v) is 10.1. The Labute approximate surface area is 106 Å². The minimum absolute atomic E-state index is 0.263. The van der Waals surface area contributed by atoms with Crippen molar-refractivity contribution >= 4 is 11.8 Å². The number of oxime groups is 1. The number of hydrogen-bond acceptors (Lipinski definition) is 4. The molecule has 4 rings (SSSR count). The summed E-state index contributed by atoms with van der Waals surface area (Å²) in [5.74, 6) is 0.655. The molecule has 4 heteroatoms. The predicted molar refractivity (Wildman–Crippen MR) is 69.6 cm³/mol. The molecular formula is C14H16N2O2. The maximum absolute atomic E-state index is 9.27. The highest BCUT2D eigenvalue weighted by molar-refractivity contribution is 6.05. The largest absolute Gasteiger partial charge is 0.508 e. The Kier molecular flexibility index (Phi) is 2.70. The summed E-state index contributed by atoms with van der Waals surface area (Å²) in [5.41, 5.74) is 2.84. The first-order valence-corrected chi connectivity index (χ1v) is 6.26. The monoisotopic (exact) mass is 244 g/mol. The Bertz CT molecular complexity index is 497. The molecule has 4 nitrogen and oxygen atoms in total. The molecule has 3 saturated heterocycles. The van der Waals surface area contributed by atoms with E-state index >= 15 is 0 Å². The number of rotatable bonds is 1. The fraction of sp³-hybridized carbons (Fsp3) is 0.357. The van der Waals surface area contributed by atoms with Gasteiger partial charge in [0.2, 0.25) is 0 Å². The molecule has 3 aliphatic heterocycles. The van der Waals surface area contributed by atoms with E-state index in [-0.39, 0.29) is 5.75 Å². The molecule has 0 aliphatic carbocycles. The number of phenolic OH excluding ortho intramolecular Hbond substituents is 1. The second-order valence-corrected chi connectivity index (χ2v) is 4.87. The van der Waals surface area contributed by atoms with Gasteiger partial charge < -0.3 is 15.2 Å². The van der Waals surface area contributed by atoms with Crippen molar-refractivity contribution in [1.82, 2.24) is 4.90 Å². The number of aromatic hydroxyl groups is 1. The van der Waals surface area contributed by atoms with E-state index in [2.05, 4.69) is 10.1 Å². The Balaban J connectivity index is 1.96. The summed E-state index contributed by atoms with van der Waals surface area (Å²) in [4.78, 5) is 2.27. The summed E-state index contributed by atoms with van der Waals surface area (Å²) in [5, 5.41) is 21.9. The highest BCUT2D eigenvalue weighted by Gasteiger charge is 2.35. The van der Waals surface area contributed by atoms with E-state index in [1.54, 1.807) is 12.1 Å². The number of benzene rings is 1. The van der Waals surface area contributed by atoms with Crippen molar-refractivity contribution in [3.63, 3.8) is 0 Å². The third-order valence-electron chi connectivity index (χ3n) is 3.79. The number of nitrogens with zero attached hydrogens (tertiary/aromatic N) is 2. The van der Waals surface area contributed by atoms with Gasteiger partial charge in [-0.2, -0.15) is 0 Å². The molecule has 0 amide bonds. The Morgan fingerprint density at radius 2 is 1.83 bits per heavy atom. The molecule has 3 heterocycles. The smallest absolute Gasteiger partial charge is 0.115 e. The molecule has 94 valence electrons. The molecule has 1 aromatic rings. The van der Waals surface area contributed by atoms with Crippen LogP contribution in [0.5, 0.6) is 5.75 Å². The van der Waals surface area contributed by atoms with Crippen LogP contribution in [0, 0.1) is 5.92 Å². The van der Waals surface area contributed by atoms with Crippen LogP contribution in [0.2, 0.25) is 0 Å². The van der Waals surface area contributed by atoms with Gasteiger partial charge in [-0.15, -0.1) is 0 Å². The minimum atomic E-state index is 0.263. The van der Waals surface area contributed by atoms with Crippen molar-refractivity contribution in [3.05, 3.63) is 35.5 Å². The van der Waals surface area contributed by atoms with Gasteiger partial charge in [0.15, 0.2) is 0 Å². The van der Waals surface area contributed by atoms with Crippen LogP contribution in [0.15, 0.2) is 35.1 Å². The van der Waals surface area contributed by atoms with Gasteiger partial charge in [-0.05, 0) is 36.6 Å². The van der Waals surface area contributed by atoms with Crippen molar-refractivity contribution in [2.45, 2.75) is 12.8 Å². The predicted octanol–water partition coefficient (Wildman–Crippen LogP) is 2.29. The summed E-state index contributed by atoms with van der Waals surface area (Å²) in [6.45, 7) is 2.07. The van der Waals surface area contributed by atoms with Crippen molar-refractivity contribution in [2.75, 3.05) is 13.1 Å². The van der Waals surface area contributed by atoms with Crippen LogP contribution in [0.1, 0.15) is 18.4 Å². The normalized spacial score (nSPS) is 24.1. The van der Waals surface area contributed by atoms with E-state index in [0.717, 1.165) is 42.9 Å². The number of fused-ring (bicyclic) bond motifs is 3. The van der Waals surface area contributed by atoms with E-state index in [0.29, 0.717) is 5.92 Å². The molecular weight excluding hydrogens is 228 g/mol. The van der Waals surface area contributed by atoms with Crippen molar-refractivity contribution in [2.24, 2.45) is 11.1 Å². The van der Waals surface area contributed by atoms with Gasteiger partial charge in [0.05, 0.1) is 5.70 Å². The van der Waals surface area contributed by atoms with Crippen molar-refractivity contribution < 1.29 is 10.3 Å². The molecule has 0 atom stereocenters. The zero-order chi connectivity index (χ0) is 12.5. The lowest BCUT2D eigenvalue weighted by Crippen LogP contribution is -2.46. The number of allylic oxidation sites excluding steroid dienone is 1. The third-order valence-corrected chi connectivity index (χ3v) is 3.79. The first-order chi connectivity index (χ1) is 8.78. The third kappa shape index (κ3) is 1.83. The fourth-order valence-electron chi connectivity index (χ4n) is 2.79. The number of phenols is 1. The molecule has 2 bridgehead atoms. The molecule has 3 fully saturated rings. The lowest BCUT2D eigenvalue weighted by molar-refractivity contribution is 0.229. The Hall–Kier alpha value is -1.97. The maximum atomic E-state index is 9.27. The van der Waals surface area contributed by atoms with E-state index < -0.39 is 0 Å². The van der Waals surface area contributed by atoms with Crippen LogP contribution in [0.25, 0.3) is 6.08 Å². The van der Waals surface area contributed by atoms with E-state index in [4.69, 9.17) is 0 Å². The van der Waals surface area contributed by atoms with E-state index in [1.165, 1.54) is 0 Å². The molecule has 0 radical (unpaired) electrons.